The summed E-state index contributed by atoms with van der Waals surface area (Å²) in [5, 5.41) is 10.3. The average molecular weight is 274 g/mol. The van der Waals surface area contributed by atoms with E-state index in [1.165, 1.54) is 6.08 Å². The van der Waals surface area contributed by atoms with E-state index in [1.807, 2.05) is 4.72 Å². The van der Waals surface area contributed by atoms with Crippen LogP contribution in [0.15, 0.2) is 12.7 Å². The van der Waals surface area contributed by atoms with Crippen molar-refractivity contribution in [2.45, 2.75) is 30.1 Å². The van der Waals surface area contributed by atoms with Crippen LogP contribution >= 0.6 is 0 Å². The van der Waals surface area contributed by atoms with E-state index < -0.39 is 32.8 Å². The first-order valence-corrected chi connectivity index (χ1v) is 7.06. The van der Waals surface area contributed by atoms with Crippen LogP contribution in [0.4, 0.5) is 4.79 Å². The molecular formula is C10H14N2O5S. The van der Waals surface area contributed by atoms with Crippen LogP contribution in [0.3, 0.4) is 0 Å². The normalized spacial score (nSPS) is 30.3. The van der Waals surface area contributed by atoms with E-state index >= 15 is 0 Å². The smallest absolute Gasteiger partial charge is 0.405 e. The van der Waals surface area contributed by atoms with E-state index in [9.17, 15) is 18.0 Å². The molecule has 0 bridgehead atoms. The Bertz CT molecular complexity index is 510. The number of hydrogen-bond donors (Lipinski definition) is 3. The van der Waals surface area contributed by atoms with Crippen LogP contribution in [0.2, 0.25) is 0 Å². The molecule has 18 heavy (non-hydrogen) atoms. The van der Waals surface area contributed by atoms with Crippen LogP contribution in [-0.2, 0) is 14.8 Å². The molecule has 0 aliphatic heterocycles. The summed E-state index contributed by atoms with van der Waals surface area (Å²) in [6.45, 7) is 3.49. The Morgan fingerprint density at radius 3 is 2.39 bits per heavy atom. The van der Waals surface area contributed by atoms with Gasteiger partial charge in [-0.3, -0.25) is 9.52 Å². The van der Waals surface area contributed by atoms with Crippen LogP contribution in [-0.4, -0.2) is 36.3 Å². The summed E-state index contributed by atoms with van der Waals surface area (Å²) in [4.78, 5) is 22.6. The molecule has 0 aromatic rings. The molecule has 0 aromatic carbocycles. The van der Waals surface area contributed by atoms with Gasteiger partial charge in [-0.2, -0.15) is 0 Å². The summed E-state index contributed by atoms with van der Waals surface area (Å²) in [6.07, 6.45) is 1.38. The van der Waals surface area contributed by atoms with Gasteiger partial charge in [0.15, 0.2) is 0 Å². The van der Waals surface area contributed by atoms with Gasteiger partial charge in [0.05, 0.1) is 5.25 Å². The maximum Gasteiger partial charge on any atom is 0.405 e. The number of carbonyl (C=O) groups is 2. The third-order valence-corrected chi connectivity index (χ3v) is 5.05. The summed E-state index contributed by atoms with van der Waals surface area (Å²) in [7, 11) is -3.66. The molecule has 2 rings (SSSR count). The first-order valence-electron chi connectivity index (χ1n) is 5.51. The minimum absolute atomic E-state index is 0.231. The third kappa shape index (κ3) is 2.20. The van der Waals surface area contributed by atoms with Gasteiger partial charge in [0, 0.05) is 5.92 Å². The molecule has 8 heteroatoms. The second-order valence-electron chi connectivity index (χ2n) is 4.62. The van der Waals surface area contributed by atoms with Gasteiger partial charge < -0.3 is 10.4 Å². The minimum atomic E-state index is -3.66. The highest BCUT2D eigenvalue weighted by atomic mass is 32.2. The molecule has 0 radical (unpaired) electrons. The zero-order chi connectivity index (χ0) is 13.6. The quantitative estimate of drug-likeness (QED) is 0.601. The van der Waals surface area contributed by atoms with Crippen molar-refractivity contribution in [1.82, 2.24) is 10.0 Å². The fourth-order valence-electron chi connectivity index (χ4n) is 1.91. The molecule has 0 saturated heterocycles. The summed E-state index contributed by atoms with van der Waals surface area (Å²) >= 11 is 0. The summed E-state index contributed by atoms with van der Waals surface area (Å²) in [6, 6.07) is 0. The van der Waals surface area contributed by atoms with E-state index in [-0.39, 0.29) is 12.3 Å². The Morgan fingerprint density at radius 1 is 1.39 bits per heavy atom. The topological polar surface area (TPSA) is 113 Å². The Balaban J connectivity index is 2.10. The van der Waals surface area contributed by atoms with Crippen molar-refractivity contribution in [2.75, 3.05) is 0 Å². The monoisotopic (exact) mass is 274 g/mol. The lowest BCUT2D eigenvalue weighted by Gasteiger charge is -2.16. The highest BCUT2D eigenvalue weighted by molar-refractivity contribution is 7.90. The molecule has 2 unspecified atom stereocenters. The molecule has 2 aliphatic rings. The minimum Gasteiger partial charge on any atom is -0.465 e. The predicted octanol–water partition coefficient (Wildman–Crippen LogP) is -0.193. The lowest BCUT2D eigenvalue weighted by molar-refractivity contribution is -0.122. The molecule has 0 heterocycles. The molecule has 3 N–H and O–H groups in total. The largest absolute Gasteiger partial charge is 0.465 e. The standard InChI is InChI=1S/C10H14N2O5S/c1-2-6-5-10(6,11-9(14)15)8(13)12-18(16,17)7-3-4-7/h2,6-7,11H,1,3-5H2,(H,12,13)(H,14,15). The summed E-state index contributed by atoms with van der Waals surface area (Å²) < 4.78 is 25.2. The van der Waals surface area contributed by atoms with Crippen molar-refractivity contribution in [3.05, 3.63) is 12.7 Å². The lowest BCUT2D eigenvalue weighted by atomic mass is 10.2. The van der Waals surface area contributed by atoms with E-state index in [0.29, 0.717) is 12.8 Å². The highest BCUT2D eigenvalue weighted by Crippen LogP contribution is 2.45. The van der Waals surface area contributed by atoms with Gasteiger partial charge in [0.1, 0.15) is 5.54 Å². The van der Waals surface area contributed by atoms with Crippen LogP contribution in [0.25, 0.3) is 0 Å². The van der Waals surface area contributed by atoms with Crippen molar-refractivity contribution in [3.63, 3.8) is 0 Å². The maximum atomic E-state index is 11.9. The number of nitrogens with one attached hydrogen (secondary N) is 2. The third-order valence-electron chi connectivity index (χ3n) is 3.23. The molecule has 100 valence electrons. The van der Waals surface area contributed by atoms with Gasteiger partial charge in [-0.05, 0) is 19.3 Å². The molecule has 2 amide bonds. The van der Waals surface area contributed by atoms with Gasteiger partial charge in [-0.1, -0.05) is 6.08 Å². The van der Waals surface area contributed by atoms with Crippen LogP contribution in [0, 0.1) is 5.92 Å². The zero-order valence-corrected chi connectivity index (χ0v) is 10.4. The van der Waals surface area contributed by atoms with E-state index in [1.54, 1.807) is 0 Å². The Morgan fingerprint density at radius 2 is 2.00 bits per heavy atom. The average Bonchev–Trinajstić information content (AvgIpc) is 3.11. The second kappa shape index (κ2) is 3.98. The SMILES string of the molecule is C=CC1CC1(NC(=O)O)C(=O)NS(=O)(=O)C1CC1. The first-order chi connectivity index (χ1) is 8.32. The molecule has 0 aromatic heterocycles. The van der Waals surface area contributed by atoms with Gasteiger partial charge >= 0.3 is 6.09 Å². The Hall–Kier alpha value is -1.57. The Kier molecular flexibility index (Phi) is 2.84. The van der Waals surface area contributed by atoms with E-state index in [2.05, 4.69) is 11.9 Å². The van der Waals surface area contributed by atoms with Crippen molar-refractivity contribution in [2.24, 2.45) is 5.92 Å². The number of hydrogen-bond acceptors (Lipinski definition) is 4. The van der Waals surface area contributed by atoms with Gasteiger partial charge in [0.25, 0.3) is 5.91 Å². The number of carbonyl (C=O) groups excluding carboxylic acids is 1. The number of sulfonamides is 1. The summed E-state index contributed by atoms with van der Waals surface area (Å²) in [5.41, 5.74) is -1.38. The van der Waals surface area contributed by atoms with Crippen LogP contribution in [0.5, 0.6) is 0 Å². The molecule has 7 nitrogen and oxygen atoms in total. The Labute approximate surface area is 104 Å². The van der Waals surface area contributed by atoms with E-state index in [4.69, 9.17) is 5.11 Å². The first kappa shape index (κ1) is 12.9. The fraction of sp³-hybridized carbons (Fsp3) is 0.600. The van der Waals surface area contributed by atoms with Crippen molar-refractivity contribution in [3.8, 4) is 0 Å². The van der Waals surface area contributed by atoms with Gasteiger partial charge in [-0.25, -0.2) is 13.2 Å². The van der Waals surface area contributed by atoms with Gasteiger partial charge in [-0.15, -0.1) is 6.58 Å². The van der Waals surface area contributed by atoms with Gasteiger partial charge in [0.2, 0.25) is 10.0 Å². The number of amides is 2. The molecule has 2 fully saturated rings. The predicted molar refractivity (Wildman–Crippen MR) is 62.3 cm³/mol. The van der Waals surface area contributed by atoms with Crippen LogP contribution in [0.1, 0.15) is 19.3 Å². The number of carboxylic acid groups (broad SMARTS) is 1. The lowest BCUT2D eigenvalue weighted by Crippen LogP contribution is -2.52. The van der Waals surface area contributed by atoms with Crippen molar-refractivity contribution in [1.29, 1.82) is 0 Å². The number of rotatable bonds is 5. The molecular weight excluding hydrogens is 260 g/mol. The zero-order valence-electron chi connectivity index (χ0n) is 9.55. The fourth-order valence-corrected chi connectivity index (χ4v) is 3.27. The molecule has 2 atom stereocenters. The van der Waals surface area contributed by atoms with Crippen molar-refractivity contribution >= 4 is 22.0 Å². The second-order valence-corrected chi connectivity index (χ2v) is 6.58. The molecule has 2 saturated carbocycles. The maximum absolute atomic E-state index is 11.9. The molecule has 2 aliphatic carbocycles. The van der Waals surface area contributed by atoms with Crippen molar-refractivity contribution < 1.29 is 23.1 Å². The van der Waals surface area contributed by atoms with Crippen LogP contribution < -0.4 is 10.0 Å². The summed E-state index contributed by atoms with van der Waals surface area (Å²) in [5.74, 6) is -1.19. The highest BCUT2D eigenvalue weighted by Gasteiger charge is 2.61. The van der Waals surface area contributed by atoms with E-state index in [0.717, 1.165) is 0 Å². The molecule has 0 spiro atoms.